The highest BCUT2D eigenvalue weighted by Crippen LogP contribution is 2.38. The molecule has 0 radical (unpaired) electrons. The van der Waals surface area contributed by atoms with Gasteiger partial charge >= 0.3 is 6.09 Å². The van der Waals surface area contributed by atoms with E-state index in [9.17, 15) is 17.6 Å². The molecule has 1 fully saturated rings. The van der Waals surface area contributed by atoms with Gasteiger partial charge in [0.2, 0.25) is 10.0 Å². The van der Waals surface area contributed by atoms with Crippen molar-refractivity contribution in [3.8, 4) is 0 Å². The predicted molar refractivity (Wildman–Crippen MR) is 131 cm³/mol. The third-order valence-corrected chi connectivity index (χ3v) is 5.99. The fourth-order valence-corrected chi connectivity index (χ4v) is 4.52. The van der Waals surface area contributed by atoms with Gasteiger partial charge < -0.3 is 15.4 Å². The highest BCUT2D eigenvalue weighted by molar-refractivity contribution is 7.92. The van der Waals surface area contributed by atoms with Gasteiger partial charge in [0.25, 0.3) is 0 Å². The van der Waals surface area contributed by atoms with Crippen LogP contribution >= 0.6 is 0 Å². The first-order valence-electron chi connectivity index (χ1n) is 11.3. The molecule has 2 aromatic rings. The van der Waals surface area contributed by atoms with E-state index in [0.717, 1.165) is 30.9 Å². The summed E-state index contributed by atoms with van der Waals surface area (Å²) in [6, 6.07) is 6.01. The van der Waals surface area contributed by atoms with E-state index >= 15 is 0 Å². The molecular formula is C23H34FN5O4S. The van der Waals surface area contributed by atoms with Crippen molar-refractivity contribution in [3.05, 3.63) is 35.8 Å². The van der Waals surface area contributed by atoms with Gasteiger partial charge in [-0.25, -0.2) is 22.3 Å². The molecule has 0 saturated heterocycles. The molecule has 1 heterocycles. The zero-order chi connectivity index (χ0) is 25.3. The Labute approximate surface area is 200 Å². The Morgan fingerprint density at radius 3 is 2.53 bits per heavy atom. The van der Waals surface area contributed by atoms with Crippen molar-refractivity contribution in [1.29, 1.82) is 0 Å². The second kappa shape index (κ2) is 9.81. The van der Waals surface area contributed by atoms with E-state index in [1.54, 1.807) is 0 Å². The van der Waals surface area contributed by atoms with E-state index in [0.29, 0.717) is 12.2 Å². The number of halogens is 1. The van der Waals surface area contributed by atoms with E-state index in [2.05, 4.69) is 15.4 Å². The first kappa shape index (κ1) is 25.8. The van der Waals surface area contributed by atoms with Crippen LogP contribution in [0.5, 0.6) is 0 Å². The summed E-state index contributed by atoms with van der Waals surface area (Å²) >= 11 is 0. The molecular weight excluding hydrogens is 461 g/mol. The average molecular weight is 496 g/mol. The monoisotopic (exact) mass is 495 g/mol. The molecule has 0 aliphatic heterocycles. The molecule has 1 aliphatic rings. The largest absolute Gasteiger partial charge is 0.446 e. The van der Waals surface area contributed by atoms with E-state index in [1.165, 1.54) is 12.1 Å². The lowest BCUT2D eigenvalue weighted by atomic mass is 10.0. The van der Waals surface area contributed by atoms with Crippen LogP contribution in [0.4, 0.5) is 26.4 Å². The third kappa shape index (κ3) is 6.85. The summed E-state index contributed by atoms with van der Waals surface area (Å²) in [5.41, 5.74) is 0.826. The van der Waals surface area contributed by atoms with E-state index < -0.39 is 21.9 Å². The summed E-state index contributed by atoms with van der Waals surface area (Å²) in [5, 5.41) is 10.6. The second-order valence-electron chi connectivity index (χ2n) is 10.1. The standard InChI is InChI=1S/C23H34FN5O4S/c1-14(2)25-22(30)33-17-9-7-15(11-17)20-13-21(29(27-20)23(3,4)5)26-19-10-8-16(12-18(19)24)28-34(6,31)32/h8,10,12-15,17,26,28H,7,9,11H2,1-6H3,(H,25,30)/t15-,17+/m0/s1. The summed E-state index contributed by atoms with van der Waals surface area (Å²) < 4.78 is 47.2. The molecule has 2 atom stereocenters. The van der Waals surface area contributed by atoms with Crippen LogP contribution in [0.15, 0.2) is 24.3 Å². The first-order valence-corrected chi connectivity index (χ1v) is 13.2. The number of hydrogen-bond donors (Lipinski definition) is 3. The van der Waals surface area contributed by atoms with Crippen molar-refractivity contribution in [2.75, 3.05) is 16.3 Å². The molecule has 1 aromatic heterocycles. The third-order valence-electron chi connectivity index (χ3n) is 5.38. The fourth-order valence-electron chi connectivity index (χ4n) is 3.97. The number of carbonyl (C=O) groups excluding carboxylic acids is 1. The molecule has 1 amide bonds. The van der Waals surface area contributed by atoms with Gasteiger partial charge in [0.15, 0.2) is 0 Å². The van der Waals surface area contributed by atoms with Crippen LogP contribution in [0.25, 0.3) is 0 Å². The molecule has 1 saturated carbocycles. The smallest absolute Gasteiger partial charge is 0.407 e. The number of hydrogen-bond acceptors (Lipinski definition) is 6. The minimum absolute atomic E-state index is 0.0115. The van der Waals surface area contributed by atoms with Crippen molar-refractivity contribution in [1.82, 2.24) is 15.1 Å². The Hall–Kier alpha value is -2.82. The fraction of sp³-hybridized carbons (Fsp3) is 0.565. The van der Waals surface area contributed by atoms with Gasteiger partial charge in [0, 0.05) is 24.1 Å². The van der Waals surface area contributed by atoms with Crippen molar-refractivity contribution in [2.24, 2.45) is 0 Å². The molecule has 34 heavy (non-hydrogen) atoms. The van der Waals surface area contributed by atoms with Crippen molar-refractivity contribution < 1.29 is 22.3 Å². The molecule has 0 spiro atoms. The second-order valence-corrected chi connectivity index (χ2v) is 11.8. The number of nitrogens with zero attached hydrogens (tertiary/aromatic N) is 2. The summed E-state index contributed by atoms with van der Waals surface area (Å²) in [5.74, 6) is 0.140. The lowest BCUT2D eigenvalue weighted by Crippen LogP contribution is -2.33. The molecule has 3 rings (SSSR count). The van der Waals surface area contributed by atoms with E-state index in [4.69, 9.17) is 9.84 Å². The van der Waals surface area contributed by atoms with Crippen LogP contribution in [0, 0.1) is 5.82 Å². The number of alkyl carbamates (subject to hydrolysis) is 1. The Morgan fingerprint density at radius 2 is 1.94 bits per heavy atom. The first-order chi connectivity index (χ1) is 15.7. The summed E-state index contributed by atoms with van der Waals surface area (Å²) in [6.45, 7) is 9.76. The maximum absolute atomic E-state index is 14.7. The summed E-state index contributed by atoms with van der Waals surface area (Å²) in [7, 11) is -3.50. The minimum atomic E-state index is -3.50. The predicted octanol–water partition coefficient (Wildman–Crippen LogP) is 4.66. The van der Waals surface area contributed by atoms with Crippen LogP contribution in [0.1, 0.15) is 65.5 Å². The highest BCUT2D eigenvalue weighted by Gasteiger charge is 2.32. The number of benzene rings is 1. The number of anilines is 3. The van der Waals surface area contributed by atoms with Gasteiger partial charge in [-0.3, -0.25) is 4.72 Å². The SMILES string of the molecule is CC(C)NC(=O)O[C@@H]1CC[C@H](c2cc(Nc3ccc(NS(C)(=O)=O)cc3F)n(C(C)(C)C)n2)C1. The topological polar surface area (TPSA) is 114 Å². The summed E-state index contributed by atoms with van der Waals surface area (Å²) in [4.78, 5) is 11.9. The maximum atomic E-state index is 14.7. The molecule has 9 nitrogen and oxygen atoms in total. The van der Waals surface area contributed by atoms with Crippen LogP contribution in [-0.2, 0) is 20.3 Å². The zero-order valence-corrected chi connectivity index (χ0v) is 21.3. The van der Waals surface area contributed by atoms with Gasteiger partial charge in [-0.1, -0.05) is 0 Å². The van der Waals surface area contributed by atoms with Crippen LogP contribution in [0.2, 0.25) is 0 Å². The van der Waals surface area contributed by atoms with Gasteiger partial charge in [-0.2, -0.15) is 5.10 Å². The Bertz CT molecular complexity index is 1140. The Balaban J connectivity index is 1.78. The lowest BCUT2D eigenvalue weighted by Gasteiger charge is -2.23. The van der Waals surface area contributed by atoms with Crippen LogP contribution in [0.3, 0.4) is 0 Å². The number of sulfonamides is 1. The van der Waals surface area contributed by atoms with Crippen molar-refractivity contribution in [2.45, 2.75) is 77.5 Å². The van der Waals surface area contributed by atoms with Gasteiger partial charge in [-0.05, 0) is 66.0 Å². The van der Waals surface area contributed by atoms with Gasteiger partial charge in [0.1, 0.15) is 17.7 Å². The number of nitrogens with one attached hydrogen (secondary N) is 3. The number of amides is 1. The normalized spacial score (nSPS) is 18.7. The Kier molecular flexibility index (Phi) is 7.44. The number of carbonyl (C=O) groups is 1. The van der Waals surface area contributed by atoms with Crippen LogP contribution < -0.4 is 15.4 Å². The minimum Gasteiger partial charge on any atom is -0.446 e. The summed E-state index contributed by atoms with van der Waals surface area (Å²) in [6.07, 6.45) is 2.69. The van der Waals surface area contributed by atoms with E-state index in [-0.39, 0.29) is 35.0 Å². The molecule has 0 bridgehead atoms. The van der Waals surface area contributed by atoms with Crippen molar-refractivity contribution in [3.63, 3.8) is 0 Å². The molecule has 0 unspecified atom stereocenters. The maximum Gasteiger partial charge on any atom is 0.407 e. The van der Waals surface area contributed by atoms with Crippen LogP contribution in [-0.4, -0.2) is 42.7 Å². The quantitative estimate of drug-likeness (QED) is 0.515. The molecule has 11 heteroatoms. The zero-order valence-electron chi connectivity index (χ0n) is 20.5. The van der Waals surface area contributed by atoms with Crippen molar-refractivity contribution >= 4 is 33.3 Å². The molecule has 1 aromatic carbocycles. The van der Waals surface area contributed by atoms with E-state index in [1.807, 2.05) is 45.4 Å². The number of ether oxygens (including phenoxy) is 1. The van der Waals surface area contributed by atoms with Gasteiger partial charge in [0.05, 0.1) is 28.9 Å². The molecule has 188 valence electrons. The Morgan fingerprint density at radius 1 is 1.24 bits per heavy atom. The lowest BCUT2D eigenvalue weighted by molar-refractivity contribution is 0.0981. The molecule has 1 aliphatic carbocycles. The van der Waals surface area contributed by atoms with Gasteiger partial charge in [-0.15, -0.1) is 0 Å². The number of rotatable bonds is 7. The average Bonchev–Trinajstić information content (AvgIpc) is 3.28. The highest BCUT2D eigenvalue weighted by atomic mass is 32.2. The number of aromatic nitrogens is 2. The molecule has 3 N–H and O–H groups in total.